The van der Waals surface area contributed by atoms with Crippen LogP contribution >= 0.6 is 11.5 Å². The van der Waals surface area contributed by atoms with Crippen molar-refractivity contribution in [2.24, 2.45) is 0 Å². The van der Waals surface area contributed by atoms with Crippen LogP contribution in [0.15, 0.2) is 36.5 Å². The SMILES string of the molecule is Cc1ccc(-c2cc(C(=O)NC(C)CO)cc(-c3snnc3C(C)C)c2)nc1. The van der Waals surface area contributed by atoms with Crippen molar-refractivity contribution in [3.05, 3.63) is 53.3 Å². The van der Waals surface area contributed by atoms with Gasteiger partial charge in [0.05, 0.1) is 22.9 Å². The molecule has 1 atom stereocenters. The smallest absolute Gasteiger partial charge is 0.251 e. The summed E-state index contributed by atoms with van der Waals surface area (Å²) >= 11 is 1.32. The maximum atomic E-state index is 12.7. The number of nitrogens with one attached hydrogen (secondary N) is 1. The largest absolute Gasteiger partial charge is 0.394 e. The molecule has 0 aliphatic rings. The molecule has 2 aromatic heterocycles. The number of amides is 1. The molecule has 1 unspecified atom stereocenters. The highest BCUT2D eigenvalue weighted by atomic mass is 32.1. The molecule has 0 spiro atoms. The van der Waals surface area contributed by atoms with Gasteiger partial charge >= 0.3 is 0 Å². The lowest BCUT2D eigenvalue weighted by Gasteiger charge is -2.13. The zero-order valence-corrected chi connectivity index (χ0v) is 17.2. The van der Waals surface area contributed by atoms with Gasteiger partial charge in [-0.2, -0.15) is 0 Å². The first-order valence-corrected chi connectivity index (χ1v) is 9.98. The third kappa shape index (κ3) is 4.43. The molecule has 7 heteroatoms. The quantitative estimate of drug-likeness (QED) is 0.661. The van der Waals surface area contributed by atoms with Crippen LogP contribution in [-0.4, -0.2) is 38.2 Å². The minimum atomic E-state index is -0.326. The molecular formula is C21H24N4O2S. The Balaban J connectivity index is 2.12. The van der Waals surface area contributed by atoms with Gasteiger partial charge < -0.3 is 10.4 Å². The van der Waals surface area contributed by atoms with E-state index in [9.17, 15) is 9.90 Å². The number of benzene rings is 1. The number of aliphatic hydroxyl groups is 1. The first kappa shape index (κ1) is 20.1. The predicted octanol–water partition coefficient (Wildman–Crippen LogP) is 3.81. The molecule has 0 aliphatic heterocycles. The van der Waals surface area contributed by atoms with E-state index in [0.717, 1.165) is 33.0 Å². The molecule has 146 valence electrons. The Morgan fingerprint density at radius 3 is 2.57 bits per heavy atom. The van der Waals surface area contributed by atoms with Crippen molar-refractivity contribution >= 4 is 17.4 Å². The monoisotopic (exact) mass is 396 g/mol. The number of aryl methyl sites for hydroxylation is 1. The highest BCUT2D eigenvalue weighted by Crippen LogP contribution is 2.34. The molecule has 2 N–H and O–H groups in total. The van der Waals surface area contributed by atoms with Crippen molar-refractivity contribution in [3.8, 4) is 21.7 Å². The molecule has 0 fully saturated rings. The van der Waals surface area contributed by atoms with Crippen LogP contribution < -0.4 is 5.32 Å². The molecule has 0 aliphatic carbocycles. The van der Waals surface area contributed by atoms with Gasteiger partial charge in [-0.1, -0.05) is 24.4 Å². The van der Waals surface area contributed by atoms with Gasteiger partial charge in [0.2, 0.25) is 0 Å². The van der Waals surface area contributed by atoms with Crippen molar-refractivity contribution in [1.29, 1.82) is 0 Å². The van der Waals surface area contributed by atoms with E-state index in [1.165, 1.54) is 11.5 Å². The van der Waals surface area contributed by atoms with E-state index in [1.54, 1.807) is 6.92 Å². The van der Waals surface area contributed by atoms with Gasteiger partial charge in [0.15, 0.2) is 0 Å². The number of aliphatic hydroxyl groups excluding tert-OH is 1. The fourth-order valence-electron chi connectivity index (χ4n) is 2.80. The number of hydrogen-bond donors (Lipinski definition) is 2. The van der Waals surface area contributed by atoms with E-state index in [1.807, 2.05) is 43.5 Å². The molecule has 6 nitrogen and oxygen atoms in total. The molecule has 28 heavy (non-hydrogen) atoms. The first-order chi connectivity index (χ1) is 13.4. The number of aromatic nitrogens is 3. The summed E-state index contributed by atoms with van der Waals surface area (Å²) in [5, 5.41) is 16.3. The van der Waals surface area contributed by atoms with Crippen LogP contribution in [0.25, 0.3) is 21.7 Å². The van der Waals surface area contributed by atoms with Crippen LogP contribution in [0.2, 0.25) is 0 Å². The zero-order chi connectivity index (χ0) is 20.3. The Morgan fingerprint density at radius 1 is 1.18 bits per heavy atom. The Kier molecular flexibility index (Phi) is 6.16. The highest BCUT2D eigenvalue weighted by Gasteiger charge is 2.18. The second kappa shape index (κ2) is 8.58. The molecule has 1 aromatic carbocycles. The molecule has 0 bridgehead atoms. The second-order valence-electron chi connectivity index (χ2n) is 7.22. The lowest BCUT2D eigenvalue weighted by Crippen LogP contribution is -2.35. The molecule has 3 aromatic rings. The number of carbonyl (C=O) groups excluding carboxylic acids is 1. The maximum absolute atomic E-state index is 12.7. The summed E-state index contributed by atoms with van der Waals surface area (Å²) in [6.07, 6.45) is 1.81. The first-order valence-electron chi connectivity index (χ1n) is 9.21. The van der Waals surface area contributed by atoms with Gasteiger partial charge in [0, 0.05) is 23.4 Å². The van der Waals surface area contributed by atoms with E-state index in [-0.39, 0.29) is 24.5 Å². The molecule has 1 amide bonds. The van der Waals surface area contributed by atoms with Crippen molar-refractivity contribution in [2.45, 2.75) is 39.7 Å². The van der Waals surface area contributed by atoms with Gasteiger partial charge in [-0.3, -0.25) is 9.78 Å². The van der Waals surface area contributed by atoms with Crippen LogP contribution in [0.4, 0.5) is 0 Å². The average Bonchev–Trinajstić information content (AvgIpc) is 3.18. The minimum Gasteiger partial charge on any atom is -0.394 e. The van der Waals surface area contributed by atoms with E-state index in [2.05, 4.69) is 33.7 Å². The third-order valence-electron chi connectivity index (χ3n) is 4.38. The lowest BCUT2D eigenvalue weighted by molar-refractivity contribution is 0.0922. The van der Waals surface area contributed by atoms with Crippen LogP contribution in [0.3, 0.4) is 0 Å². The Morgan fingerprint density at radius 2 is 1.93 bits per heavy atom. The van der Waals surface area contributed by atoms with Gasteiger partial charge in [-0.05, 0) is 66.7 Å². The van der Waals surface area contributed by atoms with Crippen LogP contribution in [0.1, 0.15) is 48.3 Å². The second-order valence-corrected chi connectivity index (χ2v) is 7.97. The van der Waals surface area contributed by atoms with Crippen molar-refractivity contribution in [3.63, 3.8) is 0 Å². The number of hydrogen-bond acceptors (Lipinski definition) is 6. The van der Waals surface area contributed by atoms with Gasteiger partial charge in [0.25, 0.3) is 5.91 Å². The summed E-state index contributed by atoms with van der Waals surface area (Å²) in [5.74, 6) is -0.0121. The van der Waals surface area contributed by atoms with Gasteiger partial charge in [-0.15, -0.1) is 5.10 Å². The summed E-state index contributed by atoms with van der Waals surface area (Å²) in [5.41, 5.74) is 5.03. The summed E-state index contributed by atoms with van der Waals surface area (Å²) in [4.78, 5) is 18.2. The van der Waals surface area contributed by atoms with Crippen LogP contribution in [0, 0.1) is 6.92 Å². The fourth-order valence-corrected chi connectivity index (χ4v) is 3.61. The standard InChI is InChI=1S/C21H24N4O2S/c1-12(2)19-20(28-25-24-19)16-7-15(18-6-5-13(3)10-22-18)8-17(9-16)21(27)23-14(4)11-26/h5-10,12,14,26H,11H2,1-4H3,(H,23,27). The highest BCUT2D eigenvalue weighted by molar-refractivity contribution is 7.09. The summed E-state index contributed by atoms with van der Waals surface area (Å²) < 4.78 is 4.11. The normalized spacial score (nSPS) is 12.2. The van der Waals surface area contributed by atoms with Crippen LogP contribution in [-0.2, 0) is 0 Å². The molecule has 0 saturated carbocycles. The van der Waals surface area contributed by atoms with E-state index in [0.29, 0.717) is 5.56 Å². The molecule has 2 heterocycles. The van der Waals surface area contributed by atoms with Crippen LogP contribution in [0.5, 0.6) is 0 Å². The average molecular weight is 397 g/mol. The fraction of sp³-hybridized carbons (Fsp3) is 0.333. The van der Waals surface area contributed by atoms with E-state index in [4.69, 9.17) is 0 Å². The minimum absolute atomic E-state index is 0.117. The Hall–Kier alpha value is -2.64. The predicted molar refractivity (Wildman–Crippen MR) is 111 cm³/mol. The van der Waals surface area contributed by atoms with Crippen molar-refractivity contribution in [2.75, 3.05) is 6.61 Å². The Labute approximate surface area is 168 Å². The molecule has 0 saturated heterocycles. The number of carbonyl (C=O) groups is 1. The zero-order valence-electron chi connectivity index (χ0n) is 16.4. The maximum Gasteiger partial charge on any atom is 0.251 e. The number of pyridine rings is 1. The number of rotatable bonds is 6. The molecular weight excluding hydrogens is 372 g/mol. The Bertz CT molecular complexity index is 967. The van der Waals surface area contributed by atoms with E-state index >= 15 is 0 Å². The summed E-state index contributed by atoms with van der Waals surface area (Å²) in [6, 6.07) is 9.30. The lowest BCUT2D eigenvalue weighted by atomic mass is 9.98. The third-order valence-corrected chi connectivity index (χ3v) is 5.17. The topological polar surface area (TPSA) is 88.0 Å². The van der Waals surface area contributed by atoms with Gasteiger partial charge in [-0.25, -0.2) is 0 Å². The summed E-state index contributed by atoms with van der Waals surface area (Å²) in [6.45, 7) is 7.77. The molecule has 0 radical (unpaired) electrons. The van der Waals surface area contributed by atoms with E-state index < -0.39 is 0 Å². The number of nitrogens with zero attached hydrogens (tertiary/aromatic N) is 3. The molecule has 3 rings (SSSR count). The van der Waals surface area contributed by atoms with Crippen molar-refractivity contribution in [1.82, 2.24) is 19.9 Å². The summed E-state index contributed by atoms with van der Waals surface area (Å²) in [7, 11) is 0. The van der Waals surface area contributed by atoms with Gasteiger partial charge in [0.1, 0.15) is 0 Å². The van der Waals surface area contributed by atoms with Crippen molar-refractivity contribution < 1.29 is 9.90 Å².